The summed E-state index contributed by atoms with van der Waals surface area (Å²) in [5, 5.41) is 0. The maximum atomic E-state index is 12.9. The molecule has 1 fully saturated rings. The number of furan rings is 1. The molecule has 1 aromatic carbocycles. The standard InChI is InChI=1S/C22H25N5O4/c1-24(2)20-22(30)27(17-7-4-3-6-16(17)23-20)10-9-19(28)25-11-13-26(14-12-25)21(29)18-8-5-15-31-18/h3-8,15H,9-14H2,1-2H3. The van der Waals surface area contributed by atoms with Crippen LogP contribution in [-0.4, -0.2) is 71.4 Å². The van der Waals surface area contributed by atoms with Crippen molar-refractivity contribution < 1.29 is 14.0 Å². The van der Waals surface area contributed by atoms with E-state index >= 15 is 0 Å². The predicted octanol–water partition coefficient (Wildman–Crippen LogP) is 1.43. The third kappa shape index (κ3) is 4.16. The average molecular weight is 423 g/mol. The van der Waals surface area contributed by atoms with Crippen LogP contribution in [0, 0.1) is 0 Å². The summed E-state index contributed by atoms with van der Waals surface area (Å²) in [7, 11) is 3.55. The normalized spacial score (nSPS) is 14.1. The van der Waals surface area contributed by atoms with Gasteiger partial charge >= 0.3 is 0 Å². The summed E-state index contributed by atoms with van der Waals surface area (Å²) < 4.78 is 6.79. The first-order chi connectivity index (χ1) is 15.0. The summed E-state index contributed by atoms with van der Waals surface area (Å²) in [6.07, 6.45) is 1.67. The molecule has 0 spiro atoms. The van der Waals surface area contributed by atoms with E-state index in [0.717, 1.165) is 0 Å². The fraction of sp³-hybridized carbons (Fsp3) is 0.364. The van der Waals surface area contributed by atoms with Gasteiger partial charge in [-0.05, 0) is 24.3 Å². The van der Waals surface area contributed by atoms with E-state index in [0.29, 0.717) is 48.8 Å². The Bertz CT molecular complexity index is 1140. The Morgan fingerprint density at radius 3 is 2.42 bits per heavy atom. The highest BCUT2D eigenvalue weighted by molar-refractivity contribution is 5.91. The van der Waals surface area contributed by atoms with E-state index in [9.17, 15) is 14.4 Å². The summed E-state index contributed by atoms with van der Waals surface area (Å²) in [6.45, 7) is 2.09. The van der Waals surface area contributed by atoms with Crippen LogP contribution in [0.4, 0.5) is 5.82 Å². The zero-order chi connectivity index (χ0) is 22.0. The number of hydrogen-bond acceptors (Lipinski definition) is 6. The minimum absolute atomic E-state index is 0.0377. The average Bonchev–Trinajstić information content (AvgIpc) is 3.32. The molecule has 0 atom stereocenters. The number of hydrogen-bond donors (Lipinski definition) is 0. The molecular formula is C22H25N5O4. The van der Waals surface area contributed by atoms with Crippen molar-refractivity contribution in [2.24, 2.45) is 0 Å². The van der Waals surface area contributed by atoms with Gasteiger partial charge in [-0.25, -0.2) is 4.98 Å². The van der Waals surface area contributed by atoms with E-state index < -0.39 is 0 Å². The number of amides is 2. The zero-order valence-electron chi connectivity index (χ0n) is 17.7. The maximum absolute atomic E-state index is 12.9. The number of benzene rings is 1. The summed E-state index contributed by atoms with van der Waals surface area (Å²) >= 11 is 0. The smallest absolute Gasteiger partial charge is 0.293 e. The van der Waals surface area contributed by atoms with E-state index in [4.69, 9.17) is 4.42 Å². The number of aromatic nitrogens is 2. The number of carbonyl (C=O) groups excluding carboxylic acids is 2. The van der Waals surface area contributed by atoms with Crippen LogP contribution in [0.15, 0.2) is 51.9 Å². The molecule has 162 valence electrons. The fourth-order valence-electron chi connectivity index (χ4n) is 3.77. The second kappa shape index (κ2) is 8.63. The molecule has 1 saturated heterocycles. The van der Waals surface area contributed by atoms with Crippen LogP contribution in [-0.2, 0) is 11.3 Å². The van der Waals surface area contributed by atoms with Crippen molar-refractivity contribution in [3.05, 3.63) is 58.8 Å². The molecule has 4 rings (SSSR count). The molecule has 2 aromatic heterocycles. The number of aryl methyl sites for hydroxylation is 1. The van der Waals surface area contributed by atoms with E-state index in [1.165, 1.54) is 6.26 Å². The summed E-state index contributed by atoms with van der Waals surface area (Å²) in [5.41, 5.74) is 1.20. The third-order valence-corrected chi connectivity index (χ3v) is 5.46. The number of para-hydroxylation sites is 2. The van der Waals surface area contributed by atoms with Gasteiger partial charge in [-0.2, -0.15) is 0 Å². The molecule has 1 aliphatic rings. The van der Waals surface area contributed by atoms with Crippen LogP contribution in [0.1, 0.15) is 17.0 Å². The van der Waals surface area contributed by atoms with Crippen molar-refractivity contribution in [3.63, 3.8) is 0 Å². The predicted molar refractivity (Wildman–Crippen MR) is 116 cm³/mol. The molecule has 9 heteroatoms. The topological polar surface area (TPSA) is 91.9 Å². The number of anilines is 1. The lowest BCUT2D eigenvalue weighted by Crippen LogP contribution is -2.50. The van der Waals surface area contributed by atoms with Crippen LogP contribution in [0.5, 0.6) is 0 Å². The monoisotopic (exact) mass is 423 g/mol. The SMILES string of the molecule is CN(C)c1nc2ccccc2n(CCC(=O)N2CCN(C(=O)c3ccco3)CC2)c1=O. The van der Waals surface area contributed by atoms with Crippen molar-refractivity contribution in [2.75, 3.05) is 45.2 Å². The fourth-order valence-corrected chi connectivity index (χ4v) is 3.77. The van der Waals surface area contributed by atoms with Gasteiger partial charge in [0.1, 0.15) is 0 Å². The molecule has 0 unspecified atom stereocenters. The molecule has 0 aliphatic carbocycles. The minimum Gasteiger partial charge on any atom is -0.459 e. The number of rotatable bonds is 5. The first-order valence-corrected chi connectivity index (χ1v) is 10.2. The second-order valence-corrected chi connectivity index (χ2v) is 7.68. The van der Waals surface area contributed by atoms with Crippen LogP contribution in [0.25, 0.3) is 11.0 Å². The van der Waals surface area contributed by atoms with Crippen LogP contribution in [0.2, 0.25) is 0 Å². The second-order valence-electron chi connectivity index (χ2n) is 7.68. The van der Waals surface area contributed by atoms with Gasteiger partial charge in [-0.3, -0.25) is 14.4 Å². The molecule has 0 radical (unpaired) electrons. The quantitative estimate of drug-likeness (QED) is 0.617. The Labute approximate surface area is 179 Å². The van der Waals surface area contributed by atoms with Gasteiger partial charge in [-0.15, -0.1) is 0 Å². The number of fused-ring (bicyclic) bond motifs is 1. The summed E-state index contributed by atoms with van der Waals surface area (Å²) in [5.74, 6) is 0.448. The van der Waals surface area contributed by atoms with E-state index in [2.05, 4.69) is 4.98 Å². The highest BCUT2D eigenvalue weighted by atomic mass is 16.3. The van der Waals surface area contributed by atoms with Gasteiger partial charge in [-0.1, -0.05) is 12.1 Å². The van der Waals surface area contributed by atoms with E-state index in [1.807, 2.05) is 24.3 Å². The molecule has 9 nitrogen and oxygen atoms in total. The Morgan fingerprint density at radius 1 is 1.03 bits per heavy atom. The summed E-state index contributed by atoms with van der Waals surface area (Å²) in [4.78, 5) is 47.7. The lowest BCUT2D eigenvalue weighted by Gasteiger charge is -2.34. The van der Waals surface area contributed by atoms with Crippen molar-refractivity contribution in [2.45, 2.75) is 13.0 Å². The Hall–Kier alpha value is -3.62. The maximum Gasteiger partial charge on any atom is 0.293 e. The molecule has 0 bridgehead atoms. The van der Waals surface area contributed by atoms with Crippen molar-refractivity contribution in [3.8, 4) is 0 Å². The van der Waals surface area contributed by atoms with Gasteiger partial charge < -0.3 is 23.7 Å². The number of carbonyl (C=O) groups is 2. The van der Waals surface area contributed by atoms with Crippen LogP contribution < -0.4 is 10.5 Å². The van der Waals surface area contributed by atoms with E-state index in [-0.39, 0.29) is 30.3 Å². The minimum atomic E-state index is -0.217. The first-order valence-electron chi connectivity index (χ1n) is 10.2. The lowest BCUT2D eigenvalue weighted by atomic mass is 10.2. The van der Waals surface area contributed by atoms with Crippen LogP contribution >= 0.6 is 0 Å². The third-order valence-electron chi connectivity index (χ3n) is 5.46. The van der Waals surface area contributed by atoms with E-state index in [1.54, 1.807) is 45.5 Å². The number of piperazine rings is 1. The lowest BCUT2D eigenvalue weighted by molar-refractivity contribution is -0.132. The van der Waals surface area contributed by atoms with Gasteiger partial charge in [0, 0.05) is 53.2 Å². The molecule has 31 heavy (non-hydrogen) atoms. The first kappa shape index (κ1) is 20.6. The summed E-state index contributed by atoms with van der Waals surface area (Å²) in [6, 6.07) is 10.7. The molecule has 0 saturated carbocycles. The van der Waals surface area contributed by atoms with Crippen LogP contribution in [0.3, 0.4) is 0 Å². The largest absolute Gasteiger partial charge is 0.459 e. The number of nitrogens with zero attached hydrogens (tertiary/aromatic N) is 5. The Balaban J connectivity index is 1.43. The molecular weight excluding hydrogens is 398 g/mol. The highest BCUT2D eigenvalue weighted by Gasteiger charge is 2.26. The molecule has 3 aromatic rings. The molecule has 1 aliphatic heterocycles. The molecule has 2 amide bonds. The molecule has 3 heterocycles. The highest BCUT2D eigenvalue weighted by Crippen LogP contribution is 2.15. The van der Waals surface area contributed by atoms with Gasteiger partial charge in [0.2, 0.25) is 5.91 Å². The van der Waals surface area contributed by atoms with Gasteiger partial charge in [0.25, 0.3) is 11.5 Å². The van der Waals surface area contributed by atoms with Gasteiger partial charge in [0.15, 0.2) is 11.6 Å². The zero-order valence-corrected chi connectivity index (χ0v) is 17.7. The van der Waals surface area contributed by atoms with Crippen molar-refractivity contribution >= 4 is 28.7 Å². The Morgan fingerprint density at radius 2 is 1.74 bits per heavy atom. The Kier molecular flexibility index (Phi) is 5.75. The van der Waals surface area contributed by atoms with Crippen molar-refractivity contribution in [1.82, 2.24) is 19.4 Å². The van der Waals surface area contributed by atoms with Crippen molar-refractivity contribution in [1.29, 1.82) is 0 Å². The molecule has 0 N–H and O–H groups in total. The van der Waals surface area contributed by atoms with Gasteiger partial charge in [0.05, 0.1) is 17.3 Å².